The number of hydrogen-bond acceptors (Lipinski definition) is 7. The number of benzene rings is 1. The zero-order chi connectivity index (χ0) is 24.0. The maximum Gasteiger partial charge on any atom is 0.155 e. The van der Waals surface area contributed by atoms with Crippen LogP contribution in [0.4, 0.5) is 0 Å². The average molecular weight is 465 g/mol. The molecule has 4 heterocycles. The Morgan fingerprint density at radius 2 is 1.94 bits per heavy atom. The molecule has 8 nitrogen and oxygen atoms in total. The maximum absolute atomic E-state index is 6.14. The van der Waals surface area contributed by atoms with Crippen LogP contribution in [0.15, 0.2) is 64.6 Å². The number of hydrogen-bond donors (Lipinski definition) is 1. The Labute approximate surface area is 199 Å². The molecule has 1 saturated heterocycles. The van der Waals surface area contributed by atoms with Crippen molar-refractivity contribution in [2.75, 3.05) is 32.9 Å². The lowest BCUT2D eigenvalue weighted by molar-refractivity contribution is -0.00585. The van der Waals surface area contributed by atoms with E-state index in [0.717, 1.165) is 48.6 Å². The molecule has 4 aromatic rings. The number of aromatic nitrogens is 2. The van der Waals surface area contributed by atoms with Crippen LogP contribution in [0.1, 0.15) is 27.7 Å². The first kappa shape index (κ1) is 23.8. The molecule has 3 aromatic heterocycles. The normalized spacial score (nSPS) is 14.6. The highest BCUT2D eigenvalue weighted by atomic mass is 16.6. The van der Waals surface area contributed by atoms with Crippen molar-refractivity contribution in [3.63, 3.8) is 0 Å². The topological polar surface area (TPSA) is 82.5 Å². The number of rotatable bonds is 4. The van der Waals surface area contributed by atoms with E-state index in [1.807, 2.05) is 80.8 Å². The molecule has 1 aliphatic heterocycles. The molecular weight excluding hydrogens is 432 g/mol. The summed E-state index contributed by atoms with van der Waals surface area (Å²) in [4.78, 5) is 10.2. The molecule has 5 rings (SSSR count). The van der Waals surface area contributed by atoms with Crippen LogP contribution in [-0.4, -0.2) is 47.9 Å². The number of nitrogens with one attached hydrogen (secondary N) is 1. The first-order chi connectivity index (χ1) is 16.4. The molecule has 0 radical (unpaired) electrons. The number of morpholine rings is 1. The zero-order valence-electron chi connectivity index (χ0n) is 20.2. The fourth-order valence-corrected chi connectivity index (χ4v) is 3.38. The van der Waals surface area contributed by atoms with Gasteiger partial charge in [-0.3, -0.25) is 0 Å². The second-order valence-corrected chi connectivity index (χ2v) is 8.86. The van der Waals surface area contributed by atoms with Crippen molar-refractivity contribution in [1.82, 2.24) is 14.7 Å². The monoisotopic (exact) mass is 464 g/mol. The average Bonchev–Trinajstić information content (AvgIpc) is 3.32. The van der Waals surface area contributed by atoms with Crippen LogP contribution in [0.25, 0.3) is 27.9 Å². The van der Waals surface area contributed by atoms with Crippen LogP contribution in [-0.2, 0) is 9.57 Å². The Morgan fingerprint density at radius 1 is 1.12 bits per heavy atom. The molecule has 1 N–H and O–H groups in total. The Kier molecular flexibility index (Phi) is 7.49. The summed E-state index contributed by atoms with van der Waals surface area (Å²) in [6.45, 7) is 12.3. The van der Waals surface area contributed by atoms with Crippen molar-refractivity contribution in [3.8, 4) is 17.2 Å². The van der Waals surface area contributed by atoms with Crippen molar-refractivity contribution in [1.29, 1.82) is 0 Å². The standard InChI is InChI=1S/C22H23N3O3.C4H9NO/c1-5-26-16-8-9-20-17(12-16)18(24-28-22(2,3)4)13-21(27-20)19-11-15-7-6-10-25(15)14-23-19;1-3-6-4-2-5-1/h6-14H,5H2,1-4H3;5H,1-4H2. The fourth-order valence-electron chi connectivity index (χ4n) is 3.38. The summed E-state index contributed by atoms with van der Waals surface area (Å²) in [5, 5.41) is 9.05. The molecule has 1 fully saturated rings. The maximum atomic E-state index is 6.14. The van der Waals surface area contributed by atoms with Gasteiger partial charge in [-0.15, -0.1) is 0 Å². The van der Waals surface area contributed by atoms with Crippen molar-refractivity contribution in [2.24, 2.45) is 5.16 Å². The molecule has 0 atom stereocenters. The van der Waals surface area contributed by atoms with Crippen molar-refractivity contribution in [2.45, 2.75) is 33.3 Å². The minimum atomic E-state index is -0.403. The molecule has 0 spiro atoms. The predicted molar refractivity (Wildman–Crippen MR) is 132 cm³/mol. The van der Waals surface area contributed by atoms with Gasteiger partial charge in [0, 0.05) is 30.9 Å². The highest BCUT2D eigenvalue weighted by Gasteiger charge is 2.13. The fraction of sp³-hybridized carbons (Fsp3) is 0.385. The van der Waals surface area contributed by atoms with Gasteiger partial charge in [-0.2, -0.15) is 0 Å². The van der Waals surface area contributed by atoms with Gasteiger partial charge in [0.15, 0.2) is 5.76 Å². The molecule has 1 aromatic carbocycles. The van der Waals surface area contributed by atoms with Crippen LogP contribution in [0.3, 0.4) is 0 Å². The van der Waals surface area contributed by atoms with Gasteiger partial charge in [0.05, 0.1) is 31.5 Å². The van der Waals surface area contributed by atoms with Crippen LogP contribution < -0.4 is 15.4 Å². The van der Waals surface area contributed by atoms with Gasteiger partial charge in [0.25, 0.3) is 0 Å². The Morgan fingerprint density at radius 3 is 2.62 bits per heavy atom. The third kappa shape index (κ3) is 6.15. The molecule has 0 saturated carbocycles. The summed E-state index contributed by atoms with van der Waals surface area (Å²) in [7, 11) is 0. The quantitative estimate of drug-likeness (QED) is 0.451. The largest absolute Gasteiger partial charge is 0.494 e. The van der Waals surface area contributed by atoms with Gasteiger partial charge < -0.3 is 28.4 Å². The van der Waals surface area contributed by atoms with E-state index in [0.29, 0.717) is 23.3 Å². The van der Waals surface area contributed by atoms with Gasteiger partial charge >= 0.3 is 0 Å². The van der Waals surface area contributed by atoms with Gasteiger partial charge in [0.2, 0.25) is 0 Å². The summed E-state index contributed by atoms with van der Waals surface area (Å²) < 4.78 is 18.7. The van der Waals surface area contributed by atoms with E-state index in [2.05, 4.69) is 15.5 Å². The number of nitrogens with zero attached hydrogens (tertiary/aromatic N) is 3. The molecule has 8 heteroatoms. The van der Waals surface area contributed by atoms with E-state index in [1.165, 1.54) is 0 Å². The third-order valence-electron chi connectivity index (χ3n) is 4.96. The molecule has 0 bridgehead atoms. The highest BCUT2D eigenvalue weighted by molar-refractivity contribution is 5.80. The summed E-state index contributed by atoms with van der Waals surface area (Å²) in [6.07, 6.45) is 3.72. The Bertz CT molecular complexity index is 1290. The third-order valence-corrected chi connectivity index (χ3v) is 4.96. The van der Waals surface area contributed by atoms with E-state index >= 15 is 0 Å². The number of fused-ring (bicyclic) bond motifs is 2. The molecule has 0 unspecified atom stereocenters. The van der Waals surface area contributed by atoms with E-state index in [9.17, 15) is 0 Å². The lowest BCUT2D eigenvalue weighted by Crippen LogP contribution is -2.30. The van der Waals surface area contributed by atoms with Crippen molar-refractivity contribution < 1.29 is 18.7 Å². The van der Waals surface area contributed by atoms with Crippen molar-refractivity contribution >= 4 is 16.5 Å². The molecule has 1 aliphatic rings. The van der Waals surface area contributed by atoms with E-state index < -0.39 is 5.60 Å². The number of ether oxygens (including phenoxy) is 2. The smallest absolute Gasteiger partial charge is 0.155 e. The summed E-state index contributed by atoms with van der Waals surface area (Å²) in [5.74, 6) is 1.38. The minimum Gasteiger partial charge on any atom is -0.494 e. The predicted octanol–water partition coefficient (Wildman–Crippen LogP) is 4.38. The first-order valence-electron chi connectivity index (χ1n) is 11.6. The summed E-state index contributed by atoms with van der Waals surface area (Å²) in [5.41, 5.74) is 2.06. The van der Waals surface area contributed by atoms with Crippen molar-refractivity contribution in [3.05, 3.63) is 60.3 Å². The lowest BCUT2D eigenvalue weighted by Gasteiger charge is -2.15. The first-order valence-corrected chi connectivity index (χ1v) is 11.6. The second-order valence-electron chi connectivity index (χ2n) is 8.86. The van der Waals surface area contributed by atoms with E-state index in [4.69, 9.17) is 18.7 Å². The minimum absolute atomic E-state index is 0.403. The van der Waals surface area contributed by atoms with Gasteiger partial charge in [-0.25, -0.2) is 4.98 Å². The molecule has 0 amide bonds. The van der Waals surface area contributed by atoms with Crippen LogP contribution in [0.2, 0.25) is 0 Å². The summed E-state index contributed by atoms with van der Waals surface area (Å²) in [6, 6.07) is 13.5. The lowest BCUT2D eigenvalue weighted by atomic mass is 10.2. The van der Waals surface area contributed by atoms with Gasteiger partial charge in [0.1, 0.15) is 28.0 Å². The Balaban J connectivity index is 0.000000398. The summed E-state index contributed by atoms with van der Waals surface area (Å²) >= 11 is 0. The molecule has 0 aliphatic carbocycles. The highest BCUT2D eigenvalue weighted by Crippen LogP contribution is 2.25. The van der Waals surface area contributed by atoms with Crippen LogP contribution in [0, 0.1) is 0 Å². The van der Waals surface area contributed by atoms with E-state index in [1.54, 1.807) is 6.33 Å². The Hall–Kier alpha value is -3.36. The van der Waals surface area contributed by atoms with Gasteiger partial charge in [-0.1, -0.05) is 5.16 Å². The zero-order valence-corrected chi connectivity index (χ0v) is 20.2. The molecule has 34 heavy (non-hydrogen) atoms. The molecular formula is C26H32N4O4. The van der Waals surface area contributed by atoms with Gasteiger partial charge in [-0.05, 0) is 64.1 Å². The van der Waals surface area contributed by atoms with E-state index in [-0.39, 0.29) is 0 Å². The van der Waals surface area contributed by atoms with Crippen LogP contribution in [0.5, 0.6) is 5.75 Å². The second kappa shape index (κ2) is 10.7. The SMILES string of the molecule is C1COCCN1.CCOc1ccc2oc(-c3cc4cccn4cn3)cc(=NOC(C)(C)C)c2c1. The molecule has 180 valence electrons. The van der Waals surface area contributed by atoms with Crippen LogP contribution >= 0.6 is 0 Å².